The van der Waals surface area contributed by atoms with Gasteiger partial charge in [-0.3, -0.25) is 20.0 Å². The van der Waals surface area contributed by atoms with Crippen LogP contribution < -0.4 is 16.2 Å². The summed E-state index contributed by atoms with van der Waals surface area (Å²) < 4.78 is 5.10. The van der Waals surface area contributed by atoms with Gasteiger partial charge in [-0.2, -0.15) is 0 Å². The van der Waals surface area contributed by atoms with Crippen LogP contribution in [0.4, 0.5) is 0 Å². The zero-order chi connectivity index (χ0) is 15.8. The monoisotopic (exact) mass is 301 g/mol. The minimum absolute atomic E-state index is 0.171. The molecule has 0 atom stereocenters. The van der Waals surface area contributed by atoms with Crippen molar-refractivity contribution in [3.8, 4) is 0 Å². The number of aromatic nitrogens is 2. The van der Waals surface area contributed by atoms with Crippen molar-refractivity contribution in [1.29, 1.82) is 0 Å². The van der Waals surface area contributed by atoms with Crippen LogP contribution in [0.5, 0.6) is 0 Å². The SMILES string of the molecule is C/C(=C/C(=O)NCc1ccco1)NNC(=O)c1cnccn1. The molecule has 0 saturated heterocycles. The van der Waals surface area contributed by atoms with E-state index in [1.807, 2.05) is 0 Å². The molecule has 0 aliphatic heterocycles. The molecular weight excluding hydrogens is 286 g/mol. The normalized spacial score (nSPS) is 10.9. The molecule has 22 heavy (non-hydrogen) atoms. The third kappa shape index (κ3) is 4.75. The van der Waals surface area contributed by atoms with E-state index in [4.69, 9.17) is 4.42 Å². The predicted octanol–water partition coefficient (Wildman–Crippen LogP) is 0.524. The molecule has 0 saturated carbocycles. The van der Waals surface area contributed by atoms with Crippen molar-refractivity contribution < 1.29 is 14.0 Å². The quantitative estimate of drug-likeness (QED) is 0.530. The fourth-order valence-electron chi connectivity index (χ4n) is 1.51. The lowest BCUT2D eigenvalue weighted by Crippen LogP contribution is -2.37. The highest BCUT2D eigenvalue weighted by Gasteiger charge is 2.06. The van der Waals surface area contributed by atoms with Gasteiger partial charge in [-0.1, -0.05) is 0 Å². The standard InChI is InChI=1S/C14H15N5O3/c1-10(7-13(20)17-8-11-3-2-6-22-11)18-19-14(21)12-9-15-4-5-16-12/h2-7,9,18H,8H2,1H3,(H,17,20)(H,19,21)/b10-7-. The van der Waals surface area contributed by atoms with Crippen molar-refractivity contribution >= 4 is 11.8 Å². The highest BCUT2D eigenvalue weighted by Crippen LogP contribution is 1.98. The zero-order valence-corrected chi connectivity index (χ0v) is 11.9. The summed E-state index contributed by atoms with van der Waals surface area (Å²) in [7, 11) is 0. The molecule has 0 aliphatic carbocycles. The molecule has 0 radical (unpaired) electrons. The first-order valence-corrected chi connectivity index (χ1v) is 6.46. The highest BCUT2D eigenvalue weighted by atomic mass is 16.3. The average molecular weight is 301 g/mol. The van der Waals surface area contributed by atoms with Gasteiger partial charge in [-0.15, -0.1) is 0 Å². The van der Waals surface area contributed by atoms with Crippen LogP contribution in [0, 0.1) is 0 Å². The van der Waals surface area contributed by atoms with E-state index in [9.17, 15) is 9.59 Å². The largest absolute Gasteiger partial charge is 0.467 e. The minimum Gasteiger partial charge on any atom is -0.467 e. The molecular formula is C14H15N5O3. The molecule has 0 bridgehead atoms. The number of carbonyl (C=O) groups excluding carboxylic acids is 2. The van der Waals surface area contributed by atoms with Crippen molar-refractivity contribution in [1.82, 2.24) is 26.1 Å². The van der Waals surface area contributed by atoms with Crippen molar-refractivity contribution in [2.45, 2.75) is 13.5 Å². The second kappa shape index (κ2) is 7.58. The van der Waals surface area contributed by atoms with Gasteiger partial charge in [0.1, 0.15) is 11.5 Å². The Balaban J connectivity index is 1.77. The van der Waals surface area contributed by atoms with Gasteiger partial charge in [0, 0.05) is 24.2 Å². The molecule has 3 N–H and O–H groups in total. The van der Waals surface area contributed by atoms with Crippen molar-refractivity contribution in [2.75, 3.05) is 0 Å². The van der Waals surface area contributed by atoms with Gasteiger partial charge >= 0.3 is 0 Å². The number of allylic oxidation sites excluding steroid dienone is 1. The van der Waals surface area contributed by atoms with Crippen LogP contribution in [0.1, 0.15) is 23.2 Å². The van der Waals surface area contributed by atoms with Crippen LogP contribution in [0.3, 0.4) is 0 Å². The van der Waals surface area contributed by atoms with Gasteiger partial charge in [0.15, 0.2) is 0 Å². The molecule has 0 aromatic carbocycles. The van der Waals surface area contributed by atoms with E-state index in [0.717, 1.165) is 0 Å². The lowest BCUT2D eigenvalue weighted by Gasteiger charge is -2.08. The average Bonchev–Trinajstić information content (AvgIpc) is 3.05. The van der Waals surface area contributed by atoms with Gasteiger partial charge in [0.25, 0.3) is 5.91 Å². The van der Waals surface area contributed by atoms with Crippen LogP contribution in [-0.4, -0.2) is 21.8 Å². The predicted molar refractivity (Wildman–Crippen MR) is 76.9 cm³/mol. The Morgan fingerprint density at radius 1 is 1.32 bits per heavy atom. The molecule has 2 aromatic rings. The van der Waals surface area contributed by atoms with Gasteiger partial charge in [0.05, 0.1) is 19.0 Å². The van der Waals surface area contributed by atoms with E-state index in [0.29, 0.717) is 18.0 Å². The summed E-state index contributed by atoms with van der Waals surface area (Å²) in [5.41, 5.74) is 5.67. The molecule has 0 aliphatic rings. The third-order valence-corrected chi connectivity index (χ3v) is 2.53. The number of hydrazine groups is 1. The van der Waals surface area contributed by atoms with E-state index in [1.54, 1.807) is 19.1 Å². The van der Waals surface area contributed by atoms with E-state index >= 15 is 0 Å². The number of nitrogens with one attached hydrogen (secondary N) is 3. The van der Waals surface area contributed by atoms with Gasteiger partial charge in [-0.05, 0) is 19.1 Å². The summed E-state index contributed by atoms with van der Waals surface area (Å²) in [6.07, 6.45) is 7.08. The number of hydrogen-bond acceptors (Lipinski definition) is 6. The Hall–Kier alpha value is -3.16. The first-order valence-electron chi connectivity index (χ1n) is 6.46. The Bertz CT molecular complexity index is 652. The minimum atomic E-state index is -0.447. The number of amides is 2. The third-order valence-electron chi connectivity index (χ3n) is 2.53. The second-order valence-electron chi connectivity index (χ2n) is 4.29. The number of carbonyl (C=O) groups is 2. The van der Waals surface area contributed by atoms with Crippen LogP contribution in [0.15, 0.2) is 53.2 Å². The van der Waals surface area contributed by atoms with Gasteiger partial charge < -0.3 is 15.2 Å². The summed E-state index contributed by atoms with van der Waals surface area (Å²) >= 11 is 0. The van der Waals surface area contributed by atoms with Gasteiger partial charge in [0.2, 0.25) is 5.91 Å². The van der Waals surface area contributed by atoms with E-state index in [-0.39, 0.29) is 11.6 Å². The first kappa shape index (κ1) is 15.2. The van der Waals surface area contributed by atoms with E-state index < -0.39 is 5.91 Å². The van der Waals surface area contributed by atoms with E-state index in [1.165, 1.54) is 30.9 Å². The summed E-state index contributed by atoms with van der Waals surface area (Å²) in [6, 6.07) is 3.50. The zero-order valence-electron chi connectivity index (χ0n) is 11.9. The molecule has 114 valence electrons. The van der Waals surface area contributed by atoms with Crippen LogP contribution in [-0.2, 0) is 11.3 Å². The summed E-state index contributed by atoms with van der Waals surface area (Å²) in [6.45, 7) is 1.94. The molecule has 2 aromatic heterocycles. The second-order valence-corrected chi connectivity index (χ2v) is 4.29. The molecule has 8 heteroatoms. The highest BCUT2D eigenvalue weighted by molar-refractivity contribution is 5.92. The Labute approximate surface area is 126 Å². The van der Waals surface area contributed by atoms with Crippen molar-refractivity contribution in [3.05, 3.63) is 60.2 Å². The lowest BCUT2D eigenvalue weighted by atomic mass is 10.4. The van der Waals surface area contributed by atoms with Gasteiger partial charge in [-0.25, -0.2) is 4.98 Å². The Morgan fingerprint density at radius 3 is 2.86 bits per heavy atom. The Morgan fingerprint density at radius 2 is 2.18 bits per heavy atom. The number of rotatable bonds is 6. The molecule has 8 nitrogen and oxygen atoms in total. The maximum Gasteiger partial charge on any atom is 0.289 e. The number of nitrogens with zero attached hydrogens (tertiary/aromatic N) is 2. The molecule has 0 spiro atoms. The van der Waals surface area contributed by atoms with Crippen LogP contribution >= 0.6 is 0 Å². The fourth-order valence-corrected chi connectivity index (χ4v) is 1.51. The maximum absolute atomic E-state index is 11.7. The van der Waals surface area contributed by atoms with Crippen molar-refractivity contribution in [3.63, 3.8) is 0 Å². The van der Waals surface area contributed by atoms with Crippen LogP contribution in [0.25, 0.3) is 0 Å². The lowest BCUT2D eigenvalue weighted by molar-refractivity contribution is -0.116. The summed E-state index contributed by atoms with van der Waals surface area (Å²) in [4.78, 5) is 31.0. The van der Waals surface area contributed by atoms with Crippen LogP contribution in [0.2, 0.25) is 0 Å². The maximum atomic E-state index is 11.7. The first-order chi connectivity index (χ1) is 10.6. The number of hydrogen-bond donors (Lipinski definition) is 3. The molecule has 0 unspecified atom stereocenters. The fraction of sp³-hybridized carbons (Fsp3) is 0.143. The summed E-state index contributed by atoms with van der Waals surface area (Å²) in [5, 5.41) is 2.65. The van der Waals surface area contributed by atoms with E-state index in [2.05, 4.69) is 26.1 Å². The topological polar surface area (TPSA) is 109 Å². The smallest absolute Gasteiger partial charge is 0.289 e. The summed E-state index contributed by atoms with van der Waals surface area (Å²) in [5.74, 6) is -0.102. The Kier molecular flexibility index (Phi) is 5.25. The molecule has 2 rings (SSSR count). The molecule has 2 amide bonds. The van der Waals surface area contributed by atoms with Crippen molar-refractivity contribution in [2.24, 2.45) is 0 Å². The molecule has 0 fully saturated rings. The number of furan rings is 1. The molecule has 2 heterocycles.